The second-order valence-corrected chi connectivity index (χ2v) is 6.04. The predicted octanol–water partition coefficient (Wildman–Crippen LogP) is 2.62. The van der Waals surface area contributed by atoms with Crippen molar-refractivity contribution in [3.05, 3.63) is 33.3 Å². The van der Waals surface area contributed by atoms with Gasteiger partial charge in [0.2, 0.25) is 10.0 Å². The van der Waals surface area contributed by atoms with E-state index >= 15 is 0 Å². The van der Waals surface area contributed by atoms with Crippen LogP contribution >= 0.6 is 23.2 Å². The monoisotopic (exact) mass is 312 g/mol. The Bertz CT molecular complexity index is 547. The number of halogens is 2. The first-order valence-corrected chi connectivity index (χ1v) is 7.42. The van der Waals surface area contributed by atoms with Gasteiger partial charge in [0.15, 0.2) is 0 Å². The largest absolute Gasteiger partial charge is 0.293 e. The molecule has 18 heavy (non-hydrogen) atoms. The number of sulfonamides is 1. The fraction of sp³-hybridized carbons (Fsp3) is 0.333. The van der Waals surface area contributed by atoms with Gasteiger partial charge in [-0.05, 0) is 18.6 Å². The minimum atomic E-state index is -3.67. The number of anilines is 1. The average molecular weight is 313 g/mol. The SMILES string of the molecule is O=[N+]([O-])c1ccc(Cl)cc1NS(=O)(=O)CCCCl. The van der Waals surface area contributed by atoms with Crippen molar-refractivity contribution < 1.29 is 13.3 Å². The molecule has 1 rings (SSSR count). The molecule has 1 aromatic rings. The van der Waals surface area contributed by atoms with Gasteiger partial charge in [-0.15, -0.1) is 11.6 Å². The van der Waals surface area contributed by atoms with Crippen molar-refractivity contribution in [2.45, 2.75) is 6.42 Å². The molecule has 0 atom stereocenters. The number of nitrogens with one attached hydrogen (secondary N) is 1. The maximum Gasteiger partial charge on any atom is 0.293 e. The summed E-state index contributed by atoms with van der Waals surface area (Å²) in [5.41, 5.74) is -0.504. The van der Waals surface area contributed by atoms with E-state index in [0.29, 0.717) is 0 Å². The molecule has 100 valence electrons. The molecule has 6 nitrogen and oxygen atoms in total. The van der Waals surface area contributed by atoms with Crippen LogP contribution in [0.25, 0.3) is 0 Å². The highest BCUT2D eigenvalue weighted by atomic mass is 35.5. The van der Waals surface area contributed by atoms with Crippen LogP contribution in [0.1, 0.15) is 6.42 Å². The van der Waals surface area contributed by atoms with Crippen LogP contribution in [0.15, 0.2) is 18.2 Å². The lowest BCUT2D eigenvalue weighted by atomic mass is 10.3. The third-order valence-electron chi connectivity index (χ3n) is 1.97. The third kappa shape index (κ3) is 4.32. The van der Waals surface area contributed by atoms with Crippen molar-refractivity contribution in [3.8, 4) is 0 Å². The van der Waals surface area contributed by atoms with Gasteiger partial charge < -0.3 is 0 Å². The van der Waals surface area contributed by atoms with Gasteiger partial charge in [0.1, 0.15) is 5.69 Å². The molecule has 0 aliphatic rings. The standard InChI is InChI=1S/C9H10Cl2N2O4S/c10-4-1-5-18(16,17)12-8-6-7(11)2-3-9(8)13(14)15/h2-3,6,12H,1,4-5H2. The lowest BCUT2D eigenvalue weighted by Gasteiger charge is -2.08. The van der Waals surface area contributed by atoms with E-state index in [1.54, 1.807) is 0 Å². The predicted molar refractivity (Wildman–Crippen MR) is 70.9 cm³/mol. The lowest BCUT2D eigenvalue weighted by Crippen LogP contribution is -2.17. The molecule has 9 heteroatoms. The van der Waals surface area contributed by atoms with Crippen molar-refractivity contribution in [1.29, 1.82) is 0 Å². The van der Waals surface area contributed by atoms with Crippen molar-refractivity contribution >= 4 is 44.6 Å². The molecular weight excluding hydrogens is 303 g/mol. The Morgan fingerprint density at radius 1 is 1.39 bits per heavy atom. The first kappa shape index (κ1) is 15.0. The van der Waals surface area contributed by atoms with Gasteiger partial charge in [-0.1, -0.05) is 11.6 Å². The molecule has 0 bridgehead atoms. The van der Waals surface area contributed by atoms with Gasteiger partial charge in [0.05, 0.1) is 10.7 Å². The van der Waals surface area contributed by atoms with E-state index in [4.69, 9.17) is 23.2 Å². The number of hydrogen-bond donors (Lipinski definition) is 1. The Balaban J connectivity index is 3.02. The first-order chi connectivity index (χ1) is 8.35. The number of nitro groups is 1. The van der Waals surface area contributed by atoms with Crippen molar-refractivity contribution in [2.75, 3.05) is 16.4 Å². The minimum Gasteiger partial charge on any atom is -0.277 e. The van der Waals surface area contributed by atoms with Gasteiger partial charge in [0, 0.05) is 17.0 Å². The highest BCUT2D eigenvalue weighted by Crippen LogP contribution is 2.28. The molecule has 0 fully saturated rings. The molecule has 0 aliphatic heterocycles. The van der Waals surface area contributed by atoms with E-state index in [-0.39, 0.29) is 34.5 Å². The molecule has 0 saturated heterocycles. The summed E-state index contributed by atoms with van der Waals surface area (Å²) in [6.07, 6.45) is 0.255. The average Bonchev–Trinajstić information content (AvgIpc) is 2.25. The van der Waals surface area contributed by atoms with Crippen molar-refractivity contribution in [3.63, 3.8) is 0 Å². The summed E-state index contributed by atoms with van der Waals surface area (Å²) in [5.74, 6) is -0.0152. The number of hydrogen-bond acceptors (Lipinski definition) is 4. The maximum absolute atomic E-state index is 11.6. The smallest absolute Gasteiger partial charge is 0.277 e. The normalized spacial score (nSPS) is 11.2. The number of benzene rings is 1. The quantitative estimate of drug-likeness (QED) is 0.496. The fourth-order valence-electron chi connectivity index (χ4n) is 1.21. The second-order valence-electron chi connectivity index (χ2n) is 3.38. The first-order valence-electron chi connectivity index (χ1n) is 4.86. The van der Waals surface area contributed by atoms with E-state index in [1.165, 1.54) is 12.1 Å². The molecule has 0 heterocycles. The van der Waals surface area contributed by atoms with Crippen LogP contribution in [0, 0.1) is 10.1 Å². The summed E-state index contributed by atoms with van der Waals surface area (Å²) in [6.45, 7) is 0. The van der Waals surface area contributed by atoms with E-state index in [1.807, 2.05) is 0 Å². The Hall–Kier alpha value is -1.05. The van der Waals surface area contributed by atoms with Crippen molar-refractivity contribution in [1.82, 2.24) is 0 Å². The summed E-state index contributed by atoms with van der Waals surface area (Å²) in [6, 6.07) is 3.65. The van der Waals surface area contributed by atoms with Gasteiger partial charge in [-0.2, -0.15) is 0 Å². The Kier molecular flexibility index (Phi) is 5.18. The molecule has 0 unspecified atom stereocenters. The molecule has 1 aromatic carbocycles. The zero-order valence-electron chi connectivity index (χ0n) is 9.10. The molecule has 0 radical (unpaired) electrons. The van der Waals surface area contributed by atoms with Gasteiger partial charge >= 0.3 is 0 Å². The van der Waals surface area contributed by atoms with Crippen LogP contribution in [-0.4, -0.2) is 25.0 Å². The Morgan fingerprint density at radius 3 is 2.61 bits per heavy atom. The molecule has 0 saturated carbocycles. The van der Waals surface area contributed by atoms with Crippen LogP contribution in [0.4, 0.5) is 11.4 Å². The molecule has 0 amide bonds. The van der Waals surface area contributed by atoms with Crippen LogP contribution in [0.3, 0.4) is 0 Å². The summed E-state index contributed by atoms with van der Waals surface area (Å²) in [7, 11) is -3.67. The van der Waals surface area contributed by atoms with Crippen molar-refractivity contribution in [2.24, 2.45) is 0 Å². The molecule has 1 N–H and O–H groups in total. The molecule has 0 spiro atoms. The zero-order chi connectivity index (χ0) is 13.8. The lowest BCUT2D eigenvalue weighted by molar-refractivity contribution is -0.383. The number of nitrogens with zero attached hydrogens (tertiary/aromatic N) is 1. The molecular formula is C9H10Cl2N2O4S. The number of nitro benzene ring substituents is 1. The highest BCUT2D eigenvalue weighted by Gasteiger charge is 2.19. The van der Waals surface area contributed by atoms with Crippen LogP contribution in [0.2, 0.25) is 5.02 Å². The fourth-order valence-corrected chi connectivity index (χ4v) is 2.80. The van der Waals surface area contributed by atoms with Crippen LogP contribution in [0.5, 0.6) is 0 Å². The minimum absolute atomic E-state index is 0.151. The van der Waals surface area contributed by atoms with E-state index < -0.39 is 14.9 Å². The van der Waals surface area contributed by atoms with Gasteiger partial charge in [-0.3, -0.25) is 14.8 Å². The highest BCUT2D eigenvalue weighted by molar-refractivity contribution is 7.92. The summed E-state index contributed by atoms with van der Waals surface area (Å²) in [5, 5.41) is 10.9. The van der Waals surface area contributed by atoms with E-state index in [2.05, 4.69) is 4.72 Å². The molecule has 0 aliphatic carbocycles. The summed E-state index contributed by atoms with van der Waals surface area (Å²) in [4.78, 5) is 10.1. The van der Waals surface area contributed by atoms with Gasteiger partial charge in [0.25, 0.3) is 5.69 Å². The Labute approximate surface area is 114 Å². The second kappa shape index (κ2) is 6.21. The Morgan fingerprint density at radius 2 is 2.06 bits per heavy atom. The van der Waals surface area contributed by atoms with E-state index in [0.717, 1.165) is 6.07 Å². The topological polar surface area (TPSA) is 89.3 Å². The van der Waals surface area contributed by atoms with Gasteiger partial charge in [-0.25, -0.2) is 8.42 Å². The number of alkyl halides is 1. The van der Waals surface area contributed by atoms with Crippen LogP contribution < -0.4 is 4.72 Å². The summed E-state index contributed by atoms with van der Waals surface area (Å²) < 4.78 is 25.4. The maximum atomic E-state index is 11.6. The number of rotatable bonds is 6. The van der Waals surface area contributed by atoms with E-state index in [9.17, 15) is 18.5 Å². The summed E-state index contributed by atoms with van der Waals surface area (Å²) >= 11 is 11.1. The zero-order valence-corrected chi connectivity index (χ0v) is 11.4. The van der Waals surface area contributed by atoms with Crippen LogP contribution in [-0.2, 0) is 10.0 Å². The third-order valence-corrected chi connectivity index (χ3v) is 3.83. The molecule has 0 aromatic heterocycles.